The van der Waals surface area contributed by atoms with E-state index in [4.69, 9.17) is 0 Å². The number of sulfonamides is 1. The molecule has 0 aromatic heterocycles. The molecule has 3 rings (SSSR count). The maximum atomic E-state index is 13.3. The van der Waals surface area contributed by atoms with Gasteiger partial charge in [-0.15, -0.1) is 0 Å². The standard InChI is InChI=1S/C21H29N3O2S/c1-4-17-5-9-19(10-6-17)21-15-22-13-14-24(21)27(25,26)20-11-7-18(8-12-20)16-23(2)3/h5-12,21-22H,4,13-16H2,1-3H3. The summed E-state index contributed by atoms with van der Waals surface area (Å²) in [5.41, 5.74) is 3.39. The smallest absolute Gasteiger partial charge is 0.243 e. The highest BCUT2D eigenvalue weighted by molar-refractivity contribution is 7.89. The number of nitrogens with zero attached hydrogens (tertiary/aromatic N) is 2. The van der Waals surface area contributed by atoms with Crippen LogP contribution in [0.15, 0.2) is 53.4 Å². The molecule has 6 heteroatoms. The zero-order valence-corrected chi connectivity index (χ0v) is 17.2. The van der Waals surface area contributed by atoms with E-state index in [1.165, 1.54) is 5.56 Å². The molecule has 0 aliphatic carbocycles. The molecule has 2 aromatic rings. The first-order chi connectivity index (χ1) is 12.9. The summed E-state index contributed by atoms with van der Waals surface area (Å²) in [4.78, 5) is 2.43. The minimum Gasteiger partial charge on any atom is -0.313 e. The van der Waals surface area contributed by atoms with E-state index in [2.05, 4.69) is 41.4 Å². The average molecular weight is 388 g/mol. The molecule has 0 amide bonds. The first kappa shape index (κ1) is 20.0. The topological polar surface area (TPSA) is 52.7 Å². The summed E-state index contributed by atoms with van der Waals surface area (Å²) in [7, 11) is 0.459. The fourth-order valence-electron chi connectivity index (χ4n) is 3.50. The Morgan fingerprint density at radius 1 is 1.04 bits per heavy atom. The summed E-state index contributed by atoms with van der Waals surface area (Å²) in [5, 5.41) is 3.33. The molecule has 1 unspecified atom stereocenters. The lowest BCUT2D eigenvalue weighted by Crippen LogP contribution is -2.48. The fourth-order valence-corrected chi connectivity index (χ4v) is 5.11. The predicted octanol–water partition coefficient (Wildman–Crippen LogP) is 2.65. The summed E-state index contributed by atoms with van der Waals surface area (Å²) in [5.74, 6) is 0. The second-order valence-corrected chi connectivity index (χ2v) is 9.20. The van der Waals surface area contributed by atoms with E-state index in [0.29, 0.717) is 24.5 Å². The lowest BCUT2D eigenvalue weighted by molar-refractivity contribution is 0.271. The molecule has 2 aromatic carbocycles. The highest BCUT2D eigenvalue weighted by Gasteiger charge is 2.34. The Morgan fingerprint density at radius 2 is 1.67 bits per heavy atom. The number of rotatable bonds is 6. The van der Waals surface area contributed by atoms with Crippen LogP contribution in [0.5, 0.6) is 0 Å². The minimum atomic E-state index is -3.54. The monoisotopic (exact) mass is 387 g/mol. The van der Waals surface area contributed by atoms with Gasteiger partial charge in [0, 0.05) is 26.2 Å². The van der Waals surface area contributed by atoms with Crippen LogP contribution in [0.4, 0.5) is 0 Å². The van der Waals surface area contributed by atoms with Crippen LogP contribution in [0.1, 0.15) is 29.7 Å². The van der Waals surface area contributed by atoms with E-state index in [1.54, 1.807) is 16.4 Å². The number of hydrogen-bond donors (Lipinski definition) is 1. The molecule has 27 heavy (non-hydrogen) atoms. The maximum Gasteiger partial charge on any atom is 0.243 e. The van der Waals surface area contributed by atoms with Crippen LogP contribution < -0.4 is 5.32 Å². The molecule has 1 aliphatic heterocycles. The number of benzene rings is 2. The van der Waals surface area contributed by atoms with Gasteiger partial charge in [0.15, 0.2) is 0 Å². The summed E-state index contributed by atoms with van der Waals surface area (Å²) in [6.07, 6.45) is 0.977. The van der Waals surface area contributed by atoms with Crippen molar-refractivity contribution in [1.29, 1.82) is 0 Å². The normalized spacial score (nSPS) is 18.7. The van der Waals surface area contributed by atoms with Crippen molar-refractivity contribution in [3.63, 3.8) is 0 Å². The number of aryl methyl sites for hydroxylation is 1. The maximum absolute atomic E-state index is 13.3. The molecule has 0 saturated carbocycles. The number of nitrogens with one attached hydrogen (secondary N) is 1. The molecule has 5 nitrogen and oxygen atoms in total. The molecule has 0 spiro atoms. The Hall–Kier alpha value is -1.73. The van der Waals surface area contributed by atoms with E-state index in [-0.39, 0.29) is 6.04 Å². The third-order valence-electron chi connectivity index (χ3n) is 5.00. The summed E-state index contributed by atoms with van der Waals surface area (Å²) in [6, 6.07) is 15.4. The molecule has 1 saturated heterocycles. The van der Waals surface area contributed by atoms with Gasteiger partial charge < -0.3 is 10.2 Å². The van der Waals surface area contributed by atoms with Gasteiger partial charge in [0.1, 0.15) is 0 Å². The summed E-state index contributed by atoms with van der Waals surface area (Å²) >= 11 is 0. The van der Waals surface area contributed by atoms with Crippen molar-refractivity contribution in [1.82, 2.24) is 14.5 Å². The number of piperazine rings is 1. The highest BCUT2D eigenvalue weighted by atomic mass is 32.2. The van der Waals surface area contributed by atoms with E-state index < -0.39 is 10.0 Å². The average Bonchev–Trinajstić information content (AvgIpc) is 2.68. The van der Waals surface area contributed by atoms with E-state index >= 15 is 0 Å². The largest absolute Gasteiger partial charge is 0.313 e. The Morgan fingerprint density at radius 3 is 2.26 bits per heavy atom. The van der Waals surface area contributed by atoms with Crippen LogP contribution >= 0.6 is 0 Å². The minimum absolute atomic E-state index is 0.184. The van der Waals surface area contributed by atoms with Gasteiger partial charge in [-0.1, -0.05) is 43.3 Å². The molecule has 1 N–H and O–H groups in total. The Labute approximate surface area is 163 Å². The van der Waals surface area contributed by atoms with Crippen LogP contribution in [-0.4, -0.2) is 51.4 Å². The van der Waals surface area contributed by atoms with Crippen molar-refractivity contribution in [3.8, 4) is 0 Å². The lowest BCUT2D eigenvalue weighted by Gasteiger charge is -2.35. The second-order valence-electron chi connectivity index (χ2n) is 7.31. The third kappa shape index (κ3) is 4.58. The zero-order chi connectivity index (χ0) is 19.4. The highest BCUT2D eigenvalue weighted by Crippen LogP contribution is 2.29. The molecule has 1 aliphatic rings. The molecular weight excluding hydrogens is 358 g/mol. The van der Waals surface area contributed by atoms with Gasteiger partial charge in [-0.05, 0) is 49.3 Å². The predicted molar refractivity (Wildman–Crippen MR) is 109 cm³/mol. The quantitative estimate of drug-likeness (QED) is 0.828. The van der Waals surface area contributed by atoms with Gasteiger partial charge in [0.05, 0.1) is 10.9 Å². The van der Waals surface area contributed by atoms with Crippen molar-refractivity contribution in [2.45, 2.75) is 30.8 Å². The summed E-state index contributed by atoms with van der Waals surface area (Å²) < 4.78 is 28.3. The van der Waals surface area contributed by atoms with Crippen LogP contribution in [0.3, 0.4) is 0 Å². The van der Waals surface area contributed by atoms with Crippen molar-refractivity contribution < 1.29 is 8.42 Å². The molecule has 0 radical (unpaired) electrons. The number of hydrogen-bond acceptors (Lipinski definition) is 4. The van der Waals surface area contributed by atoms with Crippen molar-refractivity contribution in [2.75, 3.05) is 33.7 Å². The Balaban J connectivity index is 1.88. The van der Waals surface area contributed by atoms with Crippen LogP contribution in [0.25, 0.3) is 0 Å². The third-order valence-corrected chi connectivity index (χ3v) is 6.92. The molecule has 1 atom stereocenters. The van der Waals surface area contributed by atoms with Crippen molar-refractivity contribution in [2.24, 2.45) is 0 Å². The Kier molecular flexibility index (Phi) is 6.32. The van der Waals surface area contributed by atoms with E-state index in [0.717, 1.165) is 24.1 Å². The van der Waals surface area contributed by atoms with Gasteiger partial charge in [-0.25, -0.2) is 8.42 Å². The van der Waals surface area contributed by atoms with Crippen LogP contribution in [0.2, 0.25) is 0 Å². The van der Waals surface area contributed by atoms with Crippen molar-refractivity contribution >= 4 is 10.0 Å². The molecule has 1 fully saturated rings. The van der Waals surface area contributed by atoms with Crippen molar-refractivity contribution in [3.05, 3.63) is 65.2 Å². The first-order valence-electron chi connectivity index (χ1n) is 9.47. The van der Waals surface area contributed by atoms with Gasteiger partial charge in [0.2, 0.25) is 10.0 Å². The van der Waals surface area contributed by atoms with Crippen LogP contribution in [-0.2, 0) is 23.0 Å². The molecule has 146 valence electrons. The zero-order valence-electron chi connectivity index (χ0n) is 16.4. The van der Waals surface area contributed by atoms with Gasteiger partial charge in [-0.3, -0.25) is 0 Å². The van der Waals surface area contributed by atoms with E-state index in [1.807, 2.05) is 26.2 Å². The fraction of sp³-hybridized carbons (Fsp3) is 0.429. The summed E-state index contributed by atoms with van der Waals surface area (Å²) in [6.45, 7) is 4.68. The Bertz CT molecular complexity index is 846. The van der Waals surface area contributed by atoms with E-state index in [9.17, 15) is 8.42 Å². The SMILES string of the molecule is CCc1ccc(C2CNCCN2S(=O)(=O)c2ccc(CN(C)C)cc2)cc1. The van der Waals surface area contributed by atoms with Gasteiger partial charge in [-0.2, -0.15) is 4.31 Å². The molecule has 1 heterocycles. The van der Waals surface area contributed by atoms with Gasteiger partial charge >= 0.3 is 0 Å². The van der Waals surface area contributed by atoms with Gasteiger partial charge in [0.25, 0.3) is 0 Å². The van der Waals surface area contributed by atoms with Crippen LogP contribution in [0, 0.1) is 0 Å². The molecule has 0 bridgehead atoms. The lowest BCUT2D eigenvalue weighted by atomic mass is 10.0. The second kappa shape index (κ2) is 8.52. The first-order valence-corrected chi connectivity index (χ1v) is 10.9. The molecular formula is C21H29N3O2S.